The Balaban J connectivity index is 1.83. The van der Waals surface area contributed by atoms with E-state index >= 15 is 0 Å². The molecule has 0 spiro atoms. The summed E-state index contributed by atoms with van der Waals surface area (Å²) < 4.78 is 14.9. The number of pyridine rings is 1. The first-order chi connectivity index (χ1) is 15.5. The van der Waals surface area contributed by atoms with Crippen molar-refractivity contribution in [2.75, 3.05) is 0 Å². The summed E-state index contributed by atoms with van der Waals surface area (Å²) in [4.78, 5) is 18.7. The van der Waals surface area contributed by atoms with Gasteiger partial charge in [0.25, 0.3) is 0 Å². The number of fused-ring (bicyclic) bond motifs is 1. The van der Waals surface area contributed by atoms with Crippen molar-refractivity contribution < 1.29 is 4.39 Å². The fraction of sp³-hybridized carbons (Fsp3) is 0.407. The fourth-order valence-corrected chi connectivity index (χ4v) is 5.15. The van der Waals surface area contributed by atoms with Gasteiger partial charge in [-0.3, -0.25) is 9.79 Å². The number of H-pyrrole nitrogens is 1. The second-order valence-corrected chi connectivity index (χ2v) is 8.82. The van der Waals surface area contributed by atoms with E-state index in [4.69, 9.17) is 5.73 Å². The number of hydrogen-bond acceptors (Lipinski definition) is 3. The molecule has 1 aromatic heterocycles. The zero-order valence-electron chi connectivity index (χ0n) is 18.9. The van der Waals surface area contributed by atoms with Crippen molar-refractivity contribution in [2.45, 2.75) is 57.9 Å². The van der Waals surface area contributed by atoms with Gasteiger partial charge < -0.3 is 10.7 Å². The standard InChI is InChI=1S/C27H34FN3O/c1-4-7-19(17-30-5-2)11-10-18(3)20-8-6-9-21(14-20)27-22-12-13-26(32)31-25(22)15-24(28)23(27)16-29/h4-5,7,12-13,15,17-18,20-21H,1-2,6,8-11,14,16,29H2,3H3,(H,31,32)/b19-7-,30-17?/t18?,20-,21?/m1/s1. The molecule has 0 amide bonds. The lowest BCUT2D eigenvalue weighted by Crippen LogP contribution is -2.22. The molecule has 0 radical (unpaired) electrons. The third-order valence-corrected chi connectivity index (χ3v) is 6.82. The Morgan fingerprint density at radius 1 is 1.38 bits per heavy atom. The molecule has 1 fully saturated rings. The van der Waals surface area contributed by atoms with E-state index in [0.29, 0.717) is 22.9 Å². The zero-order chi connectivity index (χ0) is 23.1. The number of aliphatic imine (C=N–C) groups is 1. The Morgan fingerprint density at radius 2 is 2.19 bits per heavy atom. The first-order valence-electron chi connectivity index (χ1n) is 11.5. The van der Waals surface area contributed by atoms with Gasteiger partial charge >= 0.3 is 0 Å². The molecule has 4 nitrogen and oxygen atoms in total. The molecule has 32 heavy (non-hydrogen) atoms. The minimum absolute atomic E-state index is 0.158. The maximum Gasteiger partial charge on any atom is 0.248 e. The second kappa shape index (κ2) is 11.2. The van der Waals surface area contributed by atoms with Crippen LogP contribution in [0.5, 0.6) is 0 Å². The zero-order valence-corrected chi connectivity index (χ0v) is 18.9. The number of aromatic nitrogens is 1. The quantitative estimate of drug-likeness (QED) is 0.367. The summed E-state index contributed by atoms with van der Waals surface area (Å²) in [6, 6.07) is 4.75. The first-order valence-corrected chi connectivity index (χ1v) is 11.5. The highest BCUT2D eigenvalue weighted by molar-refractivity contribution is 5.84. The van der Waals surface area contributed by atoms with Crippen LogP contribution in [0, 0.1) is 17.7 Å². The van der Waals surface area contributed by atoms with Crippen LogP contribution in [0.1, 0.15) is 62.5 Å². The molecule has 3 rings (SSSR count). The predicted octanol–water partition coefficient (Wildman–Crippen LogP) is 6.14. The number of nitrogens with one attached hydrogen (secondary N) is 1. The summed E-state index contributed by atoms with van der Waals surface area (Å²) >= 11 is 0. The maximum absolute atomic E-state index is 14.9. The van der Waals surface area contributed by atoms with Gasteiger partial charge in [0.2, 0.25) is 5.56 Å². The molecule has 1 aliphatic carbocycles. The van der Waals surface area contributed by atoms with Crippen LogP contribution in [0.15, 0.2) is 65.1 Å². The maximum atomic E-state index is 14.9. The van der Waals surface area contributed by atoms with Crippen LogP contribution in [0.4, 0.5) is 4.39 Å². The molecule has 0 saturated heterocycles. The van der Waals surface area contributed by atoms with E-state index in [0.717, 1.165) is 48.6 Å². The largest absolute Gasteiger partial charge is 0.326 e. The van der Waals surface area contributed by atoms with Crippen LogP contribution in [0.2, 0.25) is 0 Å². The number of nitrogens with zero attached hydrogens (tertiary/aromatic N) is 1. The van der Waals surface area contributed by atoms with Crippen molar-refractivity contribution in [3.8, 4) is 0 Å². The molecule has 5 heteroatoms. The summed E-state index contributed by atoms with van der Waals surface area (Å²) in [5.74, 6) is 1.00. The second-order valence-electron chi connectivity index (χ2n) is 8.82. The molecule has 3 atom stereocenters. The Hall–Kier alpha value is -2.79. The van der Waals surface area contributed by atoms with Crippen molar-refractivity contribution in [3.63, 3.8) is 0 Å². The molecule has 0 aliphatic heterocycles. The van der Waals surface area contributed by atoms with Gasteiger partial charge in [0.05, 0.1) is 5.52 Å². The summed E-state index contributed by atoms with van der Waals surface area (Å²) in [5, 5.41) is 0.918. The molecular weight excluding hydrogens is 401 g/mol. The molecule has 2 aromatic rings. The highest BCUT2D eigenvalue weighted by Gasteiger charge is 2.30. The molecule has 0 bridgehead atoms. The van der Waals surface area contributed by atoms with Crippen LogP contribution < -0.4 is 11.3 Å². The number of allylic oxidation sites excluding steroid dienone is 3. The molecule has 1 saturated carbocycles. The van der Waals surface area contributed by atoms with Crippen LogP contribution >= 0.6 is 0 Å². The number of halogens is 1. The average Bonchev–Trinajstić information content (AvgIpc) is 2.79. The summed E-state index contributed by atoms with van der Waals surface area (Å²) in [6.45, 7) is 9.91. The number of hydrogen-bond donors (Lipinski definition) is 2. The average molecular weight is 436 g/mol. The molecule has 1 aliphatic rings. The molecule has 2 unspecified atom stereocenters. The Labute approximate surface area is 189 Å². The van der Waals surface area contributed by atoms with E-state index in [1.165, 1.54) is 24.8 Å². The molecule has 1 aromatic carbocycles. The first kappa shape index (κ1) is 23.9. The van der Waals surface area contributed by atoms with Crippen molar-refractivity contribution in [2.24, 2.45) is 22.6 Å². The lowest BCUT2D eigenvalue weighted by atomic mass is 9.71. The van der Waals surface area contributed by atoms with Gasteiger partial charge in [-0.1, -0.05) is 45.1 Å². The van der Waals surface area contributed by atoms with E-state index in [2.05, 4.69) is 30.1 Å². The predicted molar refractivity (Wildman–Crippen MR) is 132 cm³/mol. The summed E-state index contributed by atoms with van der Waals surface area (Å²) in [5.41, 5.74) is 9.02. The van der Waals surface area contributed by atoms with Gasteiger partial charge in [-0.25, -0.2) is 4.39 Å². The van der Waals surface area contributed by atoms with Gasteiger partial charge in [0, 0.05) is 36.0 Å². The number of rotatable bonds is 9. The highest BCUT2D eigenvalue weighted by atomic mass is 19.1. The monoisotopic (exact) mass is 435 g/mol. The Morgan fingerprint density at radius 3 is 2.91 bits per heavy atom. The van der Waals surface area contributed by atoms with Crippen molar-refractivity contribution in [1.82, 2.24) is 4.98 Å². The van der Waals surface area contributed by atoms with Gasteiger partial charge in [-0.2, -0.15) is 0 Å². The highest BCUT2D eigenvalue weighted by Crippen LogP contribution is 2.44. The van der Waals surface area contributed by atoms with E-state index in [1.54, 1.807) is 6.08 Å². The normalized spacial score (nSPS) is 20.5. The Kier molecular flexibility index (Phi) is 8.34. The number of aromatic amines is 1. The minimum atomic E-state index is -0.326. The van der Waals surface area contributed by atoms with Gasteiger partial charge in [0.1, 0.15) is 5.82 Å². The van der Waals surface area contributed by atoms with Crippen molar-refractivity contribution in [1.29, 1.82) is 0 Å². The van der Waals surface area contributed by atoms with E-state index in [1.807, 2.05) is 18.4 Å². The van der Waals surface area contributed by atoms with E-state index in [9.17, 15) is 9.18 Å². The molecular formula is C27H34FN3O. The van der Waals surface area contributed by atoms with E-state index < -0.39 is 0 Å². The third kappa shape index (κ3) is 5.52. The fourth-order valence-electron chi connectivity index (χ4n) is 5.15. The minimum Gasteiger partial charge on any atom is -0.326 e. The van der Waals surface area contributed by atoms with Crippen LogP contribution in [0.25, 0.3) is 10.9 Å². The lowest BCUT2D eigenvalue weighted by Gasteiger charge is -2.35. The van der Waals surface area contributed by atoms with Crippen molar-refractivity contribution >= 4 is 17.1 Å². The number of benzene rings is 1. The van der Waals surface area contributed by atoms with Crippen LogP contribution in [-0.2, 0) is 6.54 Å². The summed E-state index contributed by atoms with van der Waals surface area (Å²) in [6.07, 6.45) is 13.5. The smallest absolute Gasteiger partial charge is 0.248 e. The van der Waals surface area contributed by atoms with Gasteiger partial charge in [-0.05, 0) is 66.7 Å². The van der Waals surface area contributed by atoms with Crippen molar-refractivity contribution in [3.05, 3.63) is 82.6 Å². The summed E-state index contributed by atoms with van der Waals surface area (Å²) in [7, 11) is 0. The van der Waals surface area contributed by atoms with Gasteiger partial charge in [0.15, 0.2) is 0 Å². The molecule has 1 heterocycles. The molecule has 3 N–H and O–H groups in total. The number of nitrogens with two attached hydrogens (primary N) is 1. The van der Waals surface area contributed by atoms with Gasteiger partial charge in [-0.15, -0.1) is 0 Å². The Bertz CT molecular complexity index is 1080. The van der Waals surface area contributed by atoms with Crippen LogP contribution in [0.3, 0.4) is 0 Å². The SMILES string of the molecule is C=C/C=C(\C=NC=C)CCC(C)[C@@H]1CCCC(c2c(CN)c(F)cc3[nH]c(=O)ccc23)C1. The van der Waals surface area contributed by atoms with E-state index in [-0.39, 0.29) is 23.8 Å². The lowest BCUT2D eigenvalue weighted by molar-refractivity contribution is 0.232. The topological polar surface area (TPSA) is 71.2 Å². The van der Waals surface area contributed by atoms with Crippen LogP contribution in [-0.4, -0.2) is 11.2 Å². The molecule has 170 valence electrons. The third-order valence-electron chi connectivity index (χ3n) is 6.82.